The Morgan fingerprint density at radius 2 is 1.79 bits per heavy atom. The van der Waals surface area contributed by atoms with Crippen molar-refractivity contribution >= 4 is 28.4 Å². The lowest BCUT2D eigenvalue weighted by molar-refractivity contribution is -0.385. The molecule has 4 aromatic rings. The van der Waals surface area contributed by atoms with Crippen LogP contribution in [0.2, 0.25) is 0 Å². The fraction of sp³-hybridized carbons (Fsp3) is 0.111. The molecule has 10 nitrogen and oxygen atoms in total. The van der Waals surface area contributed by atoms with Gasteiger partial charge in [0.2, 0.25) is 5.95 Å². The molecule has 28 heavy (non-hydrogen) atoms. The largest absolute Gasteiger partial charge is 0.368 e. The average molecular weight is 376 g/mol. The molecule has 0 radical (unpaired) electrons. The minimum Gasteiger partial charge on any atom is -0.368 e. The van der Waals surface area contributed by atoms with Crippen molar-refractivity contribution in [2.24, 2.45) is 0 Å². The van der Waals surface area contributed by atoms with Crippen molar-refractivity contribution in [2.45, 2.75) is 0 Å². The van der Waals surface area contributed by atoms with Gasteiger partial charge in [-0.25, -0.2) is 15.0 Å². The van der Waals surface area contributed by atoms with E-state index >= 15 is 0 Å². The summed E-state index contributed by atoms with van der Waals surface area (Å²) in [4.78, 5) is 27.4. The number of fused-ring (bicyclic) bond motifs is 1. The minimum absolute atomic E-state index is 0.0378. The summed E-state index contributed by atoms with van der Waals surface area (Å²) in [5, 5.41) is 16.9. The predicted octanol–water partition coefficient (Wildman–Crippen LogP) is 2.64. The van der Waals surface area contributed by atoms with E-state index in [1.807, 2.05) is 28.8 Å². The number of para-hydroxylation sites is 2. The van der Waals surface area contributed by atoms with Gasteiger partial charge in [0.15, 0.2) is 0 Å². The number of benzene rings is 1. The van der Waals surface area contributed by atoms with E-state index in [-0.39, 0.29) is 5.69 Å². The summed E-state index contributed by atoms with van der Waals surface area (Å²) in [7, 11) is 0. The van der Waals surface area contributed by atoms with E-state index in [2.05, 4.69) is 30.6 Å². The van der Waals surface area contributed by atoms with Crippen LogP contribution in [0.3, 0.4) is 0 Å². The summed E-state index contributed by atoms with van der Waals surface area (Å²) in [6.45, 7) is 1.15. The Bertz CT molecular complexity index is 1110. The maximum absolute atomic E-state index is 10.6. The first kappa shape index (κ1) is 17.3. The molecule has 1 aromatic carbocycles. The highest BCUT2D eigenvalue weighted by Crippen LogP contribution is 2.16. The third-order valence-electron chi connectivity index (χ3n) is 4.01. The number of hydrogen-bond donors (Lipinski definition) is 2. The summed E-state index contributed by atoms with van der Waals surface area (Å²) in [6.07, 6.45) is 4.61. The van der Waals surface area contributed by atoms with Gasteiger partial charge in [-0.3, -0.25) is 14.7 Å². The number of nitrogens with zero attached hydrogens (tertiary/aromatic N) is 6. The summed E-state index contributed by atoms with van der Waals surface area (Å²) >= 11 is 0. The van der Waals surface area contributed by atoms with Crippen LogP contribution in [0.4, 0.5) is 17.3 Å². The molecule has 0 unspecified atom stereocenters. The summed E-state index contributed by atoms with van der Waals surface area (Å²) < 4.78 is 1.83. The van der Waals surface area contributed by atoms with E-state index in [4.69, 9.17) is 0 Å². The van der Waals surface area contributed by atoms with Gasteiger partial charge in [-0.05, 0) is 24.3 Å². The van der Waals surface area contributed by atoms with Gasteiger partial charge >= 0.3 is 0 Å². The minimum atomic E-state index is -0.478. The van der Waals surface area contributed by atoms with Crippen molar-refractivity contribution < 1.29 is 4.92 Å². The molecule has 0 fully saturated rings. The van der Waals surface area contributed by atoms with Crippen molar-refractivity contribution in [3.63, 3.8) is 0 Å². The lowest BCUT2D eigenvalue weighted by Crippen LogP contribution is -2.15. The molecular formula is C18H16N8O2. The molecule has 0 aliphatic carbocycles. The van der Waals surface area contributed by atoms with Gasteiger partial charge in [-0.1, -0.05) is 12.1 Å². The van der Waals surface area contributed by atoms with Crippen LogP contribution in [0.1, 0.15) is 0 Å². The van der Waals surface area contributed by atoms with Gasteiger partial charge in [0.25, 0.3) is 5.69 Å². The number of imidazole rings is 1. The van der Waals surface area contributed by atoms with E-state index in [1.165, 1.54) is 12.3 Å². The van der Waals surface area contributed by atoms with Crippen LogP contribution >= 0.6 is 0 Å². The Labute approximate surface area is 159 Å². The van der Waals surface area contributed by atoms with E-state index in [0.717, 1.165) is 11.0 Å². The third-order valence-corrected chi connectivity index (χ3v) is 4.01. The molecule has 2 N–H and O–H groups in total. The standard InChI is InChI=1S/C18H16N8O2/c27-26(28)13-5-6-16(22-11-13)19-9-10-20-17-7-8-21-18(24-17)25-12-23-14-3-1-2-4-15(14)25/h1-8,11-12H,9-10H2,(H,19,22)(H,20,21,24). The van der Waals surface area contributed by atoms with Crippen LogP contribution in [0.5, 0.6) is 0 Å². The number of rotatable bonds is 7. The summed E-state index contributed by atoms with van der Waals surface area (Å²) in [5.41, 5.74) is 1.78. The number of anilines is 2. The van der Waals surface area contributed by atoms with Gasteiger partial charge in [0.1, 0.15) is 24.2 Å². The second-order valence-electron chi connectivity index (χ2n) is 5.86. The fourth-order valence-corrected chi connectivity index (χ4v) is 2.66. The highest BCUT2D eigenvalue weighted by molar-refractivity contribution is 5.76. The van der Waals surface area contributed by atoms with E-state index in [9.17, 15) is 10.1 Å². The van der Waals surface area contributed by atoms with Crippen molar-refractivity contribution in [3.05, 3.63) is 71.3 Å². The topological polar surface area (TPSA) is 124 Å². The third kappa shape index (κ3) is 3.70. The van der Waals surface area contributed by atoms with Gasteiger partial charge in [0, 0.05) is 25.4 Å². The van der Waals surface area contributed by atoms with Gasteiger partial charge in [-0.2, -0.15) is 4.98 Å². The first-order valence-electron chi connectivity index (χ1n) is 8.54. The molecule has 0 aliphatic rings. The maximum atomic E-state index is 10.6. The molecule has 0 saturated heterocycles. The van der Waals surface area contributed by atoms with Crippen LogP contribution < -0.4 is 10.6 Å². The first-order chi connectivity index (χ1) is 13.7. The number of pyridine rings is 1. The molecule has 0 amide bonds. The summed E-state index contributed by atoms with van der Waals surface area (Å²) in [6, 6.07) is 12.6. The van der Waals surface area contributed by atoms with Crippen LogP contribution in [-0.4, -0.2) is 42.5 Å². The Balaban J connectivity index is 1.37. The zero-order valence-electron chi connectivity index (χ0n) is 14.7. The van der Waals surface area contributed by atoms with E-state index in [0.29, 0.717) is 30.7 Å². The molecule has 10 heteroatoms. The normalized spacial score (nSPS) is 10.7. The lowest BCUT2D eigenvalue weighted by Gasteiger charge is -2.09. The molecule has 140 valence electrons. The van der Waals surface area contributed by atoms with E-state index in [1.54, 1.807) is 24.7 Å². The van der Waals surface area contributed by atoms with Crippen molar-refractivity contribution in [3.8, 4) is 5.95 Å². The summed E-state index contributed by atoms with van der Waals surface area (Å²) in [5.74, 6) is 1.78. The van der Waals surface area contributed by atoms with Crippen LogP contribution in [0.15, 0.2) is 61.2 Å². The van der Waals surface area contributed by atoms with Gasteiger partial charge in [-0.15, -0.1) is 0 Å². The monoisotopic (exact) mass is 376 g/mol. The molecule has 3 aromatic heterocycles. The zero-order chi connectivity index (χ0) is 19.3. The van der Waals surface area contributed by atoms with Crippen LogP contribution in [0, 0.1) is 10.1 Å². The van der Waals surface area contributed by atoms with E-state index < -0.39 is 4.92 Å². The molecule has 0 bridgehead atoms. The van der Waals surface area contributed by atoms with Crippen molar-refractivity contribution in [1.82, 2.24) is 24.5 Å². The number of hydrogen-bond acceptors (Lipinski definition) is 8. The van der Waals surface area contributed by atoms with Crippen LogP contribution in [0.25, 0.3) is 17.0 Å². The SMILES string of the molecule is O=[N+]([O-])c1ccc(NCCNc2ccnc(-n3cnc4ccccc43)n2)nc1. The molecule has 4 rings (SSSR count). The van der Waals surface area contributed by atoms with Crippen LogP contribution in [-0.2, 0) is 0 Å². The quantitative estimate of drug-likeness (QED) is 0.287. The highest BCUT2D eigenvalue weighted by Gasteiger charge is 2.07. The smallest absolute Gasteiger partial charge is 0.287 e. The first-order valence-corrected chi connectivity index (χ1v) is 8.54. The highest BCUT2D eigenvalue weighted by atomic mass is 16.6. The molecule has 0 spiro atoms. The molecule has 0 saturated carbocycles. The van der Waals surface area contributed by atoms with Crippen molar-refractivity contribution in [2.75, 3.05) is 23.7 Å². The number of nitro groups is 1. The predicted molar refractivity (Wildman–Crippen MR) is 105 cm³/mol. The Kier molecular flexibility index (Phi) is 4.74. The van der Waals surface area contributed by atoms with Crippen molar-refractivity contribution in [1.29, 1.82) is 0 Å². The maximum Gasteiger partial charge on any atom is 0.287 e. The lowest BCUT2D eigenvalue weighted by atomic mass is 10.3. The second kappa shape index (κ2) is 7.66. The fourth-order valence-electron chi connectivity index (χ4n) is 2.66. The zero-order valence-corrected chi connectivity index (χ0v) is 14.7. The molecule has 0 aliphatic heterocycles. The average Bonchev–Trinajstić information content (AvgIpc) is 3.16. The molecule has 0 atom stereocenters. The number of aromatic nitrogens is 5. The number of nitrogens with one attached hydrogen (secondary N) is 2. The Morgan fingerprint density at radius 3 is 2.57 bits per heavy atom. The molecule has 3 heterocycles. The van der Waals surface area contributed by atoms with Gasteiger partial charge in [0.05, 0.1) is 16.0 Å². The Morgan fingerprint density at radius 1 is 0.964 bits per heavy atom. The molecular weight excluding hydrogens is 360 g/mol. The van der Waals surface area contributed by atoms with Gasteiger partial charge < -0.3 is 10.6 Å². The Hall–Kier alpha value is -4.08. The second-order valence-corrected chi connectivity index (χ2v) is 5.86.